The number of Topliss-reactive ketones (excluding diaryl/α,β-unsaturated/α-hetero) is 1. The summed E-state index contributed by atoms with van der Waals surface area (Å²) in [7, 11) is 0. The molecular weight excluding hydrogens is 257 g/mol. The minimum atomic E-state index is -1.11. The van der Waals surface area contributed by atoms with Crippen molar-refractivity contribution in [1.82, 2.24) is 0 Å². The van der Waals surface area contributed by atoms with Gasteiger partial charge >= 0.3 is 80.8 Å². The van der Waals surface area contributed by atoms with Crippen molar-refractivity contribution in [3.05, 3.63) is 0 Å². The first-order valence-electron chi connectivity index (χ1n) is 2.27. The Balaban J connectivity index is 0. The molecule has 0 aliphatic heterocycles. The van der Waals surface area contributed by atoms with Crippen LogP contribution in [0.2, 0.25) is 0 Å². The predicted molar refractivity (Wildman–Crippen MR) is 34.6 cm³/mol. The standard InChI is InChI=1S/C5H6O4.Cs.H/c1-3(6)5(8)9-4(2)7;;/h1-2H3;;. The van der Waals surface area contributed by atoms with Crippen molar-refractivity contribution in [1.29, 1.82) is 0 Å². The average Bonchev–Trinajstić information content (AvgIpc) is 1.63. The number of esters is 2. The molecule has 0 aliphatic rings. The van der Waals surface area contributed by atoms with Gasteiger partial charge in [-0.3, -0.25) is 9.59 Å². The zero-order valence-electron chi connectivity index (χ0n) is 5.13. The van der Waals surface area contributed by atoms with E-state index in [1.807, 2.05) is 0 Å². The number of hydrogen-bond donors (Lipinski definition) is 0. The molecule has 0 heterocycles. The van der Waals surface area contributed by atoms with E-state index < -0.39 is 17.7 Å². The van der Waals surface area contributed by atoms with Gasteiger partial charge < -0.3 is 4.74 Å². The van der Waals surface area contributed by atoms with Gasteiger partial charge in [0.15, 0.2) is 0 Å². The van der Waals surface area contributed by atoms with Crippen LogP contribution in [0.25, 0.3) is 0 Å². The normalized spacial score (nSPS) is 7.40. The average molecular weight is 264 g/mol. The van der Waals surface area contributed by atoms with Crippen molar-refractivity contribution in [3.63, 3.8) is 0 Å². The van der Waals surface area contributed by atoms with Gasteiger partial charge in [-0.15, -0.1) is 0 Å². The van der Waals surface area contributed by atoms with Gasteiger partial charge in [0.2, 0.25) is 5.78 Å². The number of carbonyl (C=O) groups is 3. The summed E-state index contributed by atoms with van der Waals surface area (Å²) in [6.07, 6.45) is 0. The summed E-state index contributed by atoms with van der Waals surface area (Å²) < 4.78 is 3.88. The fraction of sp³-hybridized carbons (Fsp3) is 0.400. The van der Waals surface area contributed by atoms with Gasteiger partial charge in [0.1, 0.15) is 0 Å². The van der Waals surface area contributed by atoms with Crippen molar-refractivity contribution in [2.24, 2.45) is 0 Å². The molecule has 0 aromatic rings. The molecule has 0 rings (SSSR count). The van der Waals surface area contributed by atoms with Crippen LogP contribution < -0.4 is 0 Å². The summed E-state index contributed by atoms with van der Waals surface area (Å²) in [6.45, 7) is 2.09. The predicted octanol–water partition coefficient (Wildman–Crippen LogP) is -0.983. The number of ketones is 1. The molecule has 0 bridgehead atoms. The molecule has 4 nitrogen and oxygen atoms in total. The van der Waals surface area contributed by atoms with Crippen LogP contribution in [-0.4, -0.2) is 86.6 Å². The zero-order valence-corrected chi connectivity index (χ0v) is 5.13. The molecule has 10 heavy (non-hydrogen) atoms. The summed E-state index contributed by atoms with van der Waals surface area (Å²) in [6, 6.07) is 0. The van der Waals surface area contributed by atoms with E-state index in [4.69, 9.17) is 0 Å². The van der Waals surface area contributed by atoms with E-state index in [1.54, 1.807) is 0 Å². The van der Waals surface area contributed by atoms with Crippen molar-refractivity contribution in [2.45, 2.75) is 13.8 Å². The topological polar surface area (TPSA) is 60.4 Å². The van der Waals surface area contributed by atoms with E-state index in [1.165, 1.54) is 0 Å². The van der Waals surface area contributed by atoms with Crippen molar-refractivity contribution >= 4 is 86.6 Å². The van der Waals surface area contributed by atoms with Crippen molar-refractivity contribution in [2.75, 3.05) is 0 Å². The second-order valence-corrected chi connectivity index (χ2v) is 1.44. The molecule has 0 saturated carbocycles. The second kappa shape index (κ2) is 6.56. The first-order valence-corrected chi connectivity index (χ1v) is 2.27. The van der Waals surface area contributed by atoms with Crippen LogP contribution in [-0.2, 0) is 19.1 Å². The van der Waals surface area contributed by atoms with Crippen LogP contribution in [0, 0.1) is 0 Å². The Morgan fingerprint density at radius 2 is 1.50 bits per heavy atom. The van der Waals surface area contributed by atoms with E-state index in [2.05, 4.69) is 4.74 Å². The Morgan fingerprint density at radius 3 is 1.60 bits per heavy atom. The molecule has 0 aromatic heterocycles. The number of rotatable bonds is 1. The van der Waals surface area contributed by atoms with Gasteiger partial charge in [-0.1, -0.05) is 0 Å². The van der Waals surface area contributed by atoms with Crippen LogP contribution in [0.3, 0.4) is 0 Å². The van der Waals surface area contributed by atoms with E-state index in [0.717, 1.165) is 13.8 Å². The number of carbonyl (C=O) groups excluding carboxylic acids is 3. The molecule has 0 amide bonds. The molecule has 0 spiro atoms. The van der Waals surface area contributed by atoms with Crippen LogP contribution >= 0.6 is 0 Å². The molecule has 0 unspecified atom stereocenters. The summed E-state index contributed by atoms with van der Waals surface area (Å²) in [4.78, 5) is 30.2. The molecule has 0 radical (unpaired) electrons. The van der Waals surface area contributed by atoms with Crippen LogP contribution in [0.5, 0.6) is 0 Å². The third-order valence-corrected chi connectivity index (χ3v) is 0.524. The first-order chi connectivity index (χ1) is 4.04. The molecular formula is C5H7CsO4. The quantitative estimate of drug-likeness (QED) is 0.347. The summed E-state index contributed by atoms with van der Waals surface area (Å²) in [5.41, 5.74) is 0. The third kappa shape index (κ3) is 6.97. The third-order valence-electron chi connectivity index (χ3n) is 0.524. The number of hydrogen-bond acceptors (Lipinski definition) is 4. The van der Waals surface area contributed by atoms with Crippen LogP contribution in [0.15, 0.2) is 0 Å². The molecule has 5 heteroatoms. The zero-order chi connectivity index (χ0) is 7.44. The molecule has 0 N–H and O–H groups in total. The minimum absolute atomic E-state index is 0. The van der Waals surface area contributed by atoms with Gasteiger partial charge in [0, 0.05) is 13.8 Å². The van der Waals surface area contributed by atoms with Crippen molar-refractivity contribution < 1.29 is 19.1 Å². The molecule has 0 saturated heterocycles. The SMILES string of the molecule is CC(=O)OC(=O)C(C)=O.[CsH]. The fourth-order valence-corrected chi connectivity index (χ4v) is 0.202. The van der Waals surface area contributed by atoms with Gasteiger partial charge in [0.05, 0.1) is 0 Å². The molecule has 0 aliphatic carbocycles. The molecule has 0 fully saturated rings. The van der Waals surface area contributed by atoms with E-state index in [-0.39, 0.29) is 68.9 Å². The Labute approximate surface area is 117 Å². The van der Waals surface area contributed by atoms with Gasteiger partial charge in [-0.25, -0.2) is 4.79 Å². The van der Waals surface area contributed by atoms with E-state index in [0.29, 0.717) is 0 Å². The second-order valence-electron chi connectivity index (χ2n) is 1.44. The first kappa shape index (κ1) is 13.5. The van der Waals surface area contributed by atoms with Gasteiger partial charge in [0.25, 0.3) is 0 Å². The van der Waals surface area contributed by atoms with E-state index in [9.17, 15) is 14.4 Å². The fourth-order valence-electron chi connectivity index (χ4n) is 0.202. The molecule has 0 aromatic carbocycles. The van der Waals surface area contributed by atoms with Gasteiger partial charge in [-0.05, 0) is 0 Å². The Bertz CT molecular complexity index is 163. The summed E-state index contributed by atoms with van der Waals surface area (Å²) >= 11 is 0. The molecule has 52 valence electrons. The number of ether oxygens (including phenoxy) is 1. The van der Waals surface area contributed by atoms with Crippen molar-refractivity contribution in [3.8, 4) is 0 Å². The van der Waals surface area contributed by atoms with Crippen LogP contribution in [0.4, 0.5) is 0 Å². The maximum absolute atomic E-state index is 10.2. The Hall–Kier alpha value is 0.862. The summed E-state index contributed by atoms with van der Waals surface area (Å²) in [5, 5.41) is 0. The maximum atomic E-state index is 10.2. The monoisotopic (exact) mass is 264 g/mol. The Morgan fingerprint density at radius 1 is 1.10 bits per heavy atom. The van der Waals surface area contributed by atoms with Gasteiger partial charge in [-0.2, -0.15) is 0 Å². The van der Waals surface area contributed by atoms with E-state index >= 15 is 0 Å². The van der Waals surface area contributed by atoms with Crippen LogP contribution in [0.1, 0.15) is 13.8 Å². The Kier molecular flexibility index (Phi) is 8.83. The molecule has 0 atom stereocenters. The summed E-state index contributed by atoms with van der Waals surface area (Å²) in [5.74, 6) is -2.65.